The Kier molecular flexibility index (Phi) is 6.05. The first kappa shape index (κ1) is 15.0. The topological polar surface area (TPSA) is 36.4 Å². The molecular weight excluding hydrogens is 268 g/mol. The molecule has 20 heavy (non-hydrogen) atoms. The van der Waals surface area contributed by atoms with Gasteiger partial charge >= 0.3 is 0 Å². The zero-order valence-electron chi connectivity index (χ0n) is 11.7. The Morgan fingerprint density at radius 3 is 2.15 bits per heavy atom. The van der Waals surface area contributed by atoms with E-state index < -0.39 is 0 Å². The standard InChI is InChI=1S/C16H20N2OS/c1-20-16-4-2-14(3-5-16)12-18(10-11-19)13-15-6-8-17-9-7-15/h2-9,19H,10-13H2,1H3. The third kappa shape index (κ3) is 4.63. The molecule has 2 rings (SSSR count). The maximum absolute atomic E-state index is 9.22. The Morgan fingerprint density at radius 2 is 1.60 bits per heavy atom. The average Bonchev–Trinajstić information content (AvgIpc) is 2.49. The lowest BCUT2D eigenvalue weighted by Crippen LogP contribution is -2.26. The average molecular weight is 288 g/mol. The van der Waals surface area contributed by atoms with Crippen molar-refractivity contribution in [2.75, 3.05) is 19.4 Å². The number of pyridine rings is 1. The first-order chi connectivity index (χ1) is 9.81. The van der Waals surface area contributed by atoms with Gasteiger partial charge in [0.2, 0.25) is 0 Å². The molecule has 0 spiro atoms. The summed E-state index contributed by atoms with van der Waals surface area (Å²) >= 11 is 1.75. The van der Waals surface area contributed by atoms with Gasteiger partial charge in [-0.3, -0.25) is 9.88 Å². The molecule has 0 amide bonds. The smallest absolute Gasteiger partial charge is 0.0558 e. The zero-order chi connectivity index (χ0) is 14.2. The lowest BCUT2D eigenvalue weighted by Gasteiger charge is -2.21. The van der Waals surface area contributed by atoms with Crippen molar-refractivity contribution in [3.05, 3.63) is 59.9 Å². The number of nitrogens with zero attached hydrogens (tertiary/aromatic N) is 2. The van der Waals surface area contributed by atoms with E-state index in [0.29, 0.717) is 6.54 Å². The van der Waals surface area contributed by atoms with E-state index in [-0.39, 0.29) is 6.61 Å². The van der Waals surface area contributed by atoms with Gasteiger partial charge in [-0.15, -0.1) is 11.8 Å². The van der Waals surface area contributed by atoms with E-state index in [1.54, 1.807) is 24.2 Å². The van der Waals surface area contributed by atoms with Gasteiger partial charge in [0.15, 0.2) is 0 Å². The van der Waals surface area contributed by atoms with E-state index in [1.165, 1.54) is 16.0 Å². The Bertz CT molecular complexity index is 502. The molecule has 0 atom stereocenters. The van der Waals surface area contributed by atoms with Gasteiger partial charge in [0.05, 0.1) is 6.61 Å². The number of aliphatic hydroxyl groups excluding tert-OH is 1. The monoisotopic (exact) mass is 288 g/mol. The first-order valence-corrected chi connectivity index (χ1v) is 7.89. The fourth-order valence-electron chi connectivity index (χ4n) is 2.09. The van der Waals surface area contributed by atoms with Crippen LogP contribution in [-0.2, 0) is 13.1 Å². The van der Waals surface area contributed by atoms with Gasteiger partial charge in [-0.1, -0.05) is 12.1 Å². The van der Waals surface area contributed by atoms with Crippen LogP contribution in [0.3, 0.4) is 0 Å². The minimum absolute atomic E-state index is 0.175. The summed E-state index contributed by atoms with van der Waals surface area (Å²) in [5.74, 6) is 0. The predicted octanol–water partition coefficient (Wildman–Crippen LogP) is 2.80. The Labute approximate surface area is 124 Å². The van der Waals surface area contributed by atoms with Crippen molar-refractivity contribution < 1.29 is 5.11 Å². The molecule has 0 fully saturated rings. The highest BCUT2D eigenvalue weighted by molar-refractivity contribution is 7.98. The number of aliphatic hydroxyl groups is 1. The highest BCUT2D eigenvalue weighted by Gasteiger charge is 2.06. The summed E-state index contributed by atoms with van der Waals surface area (Å²) in [5, 5.41) is 9.22. The van der Waals surface area contributed by atoms with Crippen LogP contribution in [0, 0.1) is 0 Å². The lowest BCUT2D eigenvalue weighted by molar-refractivity contribution is 0.184. The molecule has 0 aliphatic carbocycles. The third-order valence-corrected chi connectivity index (χ3v) is 3.88. The van der Waals surface area contributed by atoms with Crippen molar-refractivity contribution in [2.24, 2.45) is 0 Å². The van der Waals surface area contributed by atoms with Crippen LogP contribution < -0.4 is 0 Å². The second-order valence-corrected chi connectivity index (χ2v) is 5.52. The largest absolute Gasteiger partial charge is 0.395 e. The van der Waals surface area contributed by atoms with Crippen LogP contribution in [0.1, 0.15) is 11.1 Å². The molecule has 0 radical (unpaired) electrons. The molecule has 0 unspecified atom stereocenters. The molecule has 1 aromatic heterocycles. The SMILES string of the molecule is CSc1ccc(CN(CCO)Cc2ccncc2)cc1. The quantitative estimate of drug-likeness (QED) is 0.795. The molecule has 4 heteroatoms. The van der Waals surface area contributed by atoms with Crippen molar-refractivity contribution in [1.82, 2.24) is 9.88 Å². The molecule has 0 bridgehead atoms. The van der Waals surface area contributed by atoms with Crippen molar-refractivity contribution in [1.29, 1.82) is 0 Å². The van der Waals surface area contributed by atoms with Gasteiger partial charge in [-0.2, -0.15) is 0 Å². The van der Waals surface area contributed by atoms with Crippen LogP contribution >= 0.6 is 11.8 Å². The number of rotatable bonds is 7. The molecule has 0 aliphatic rings. The van der Waals surface area contributed by atoms with E-state index >= 15 is 0 Å². The number of aromatic nitrogens is 1. The number of hydrogen-bond donors (Lipinski definition) is 1. The molecule has 1 aromatic carbocycles. The summed E-state index contributed by atoms with van der Waals surface area (Å²) in [6, 6.07) is 12.6. The van der Waals surface area contributed by atoms with Crippen molar-refractivity contribution >= 4 is 11.8 Å². The van der Waals surface area contributed by atoms with E-state index in [2.05, 4.69) is 40.4 Å². The normalized spacial score (nSPS) is 10.9. The van der Waals surface area contributed by atoms with Gasteiger partial charge in [0.1, 0.15) is 0 Å². The van der Waals surface area contributed by atoms with E-state index in [0.717, 1.165) is 13.1 Å². The first-order valence-electron chi connectivity index (χ1n) is 6.67. The van der Waals surface area contributed by atoms with Crippen LogP contribution in [0.4, 0.5) is 0 Å². The van der Waals surface area contributed by atoms with Gasteiger partial charge < -0.3 is 5.11 Å². The lowest BCUT2D eigenvalue weighted by atomic mass is 10.2. The fraction of sp³-hybridized carbons (Fsp3) is 0.312. The molecule has 0 aliphatic heterocycles. The summed E-state index contributed by atoms with van der Waals surface area (Å²) in [7, 11) is 0. The Morgan fingerprint density at radius 1 is 1.00 bits per heavy atom. The second-order valence-electron chi connectivity index (χ2n) is 4.64. The molecular formula is C16H20N2OS. The molecule has 2 aromatic rings. The molecule has 0 saturated carbocycles. The maximum Gasteiger partial charge on any atom is 0.0558 e. The minimum Gasteiger partial charge on any atom is -0.395 e. The van der Waals surface area contributed by atoms with Gasteiger partial charge in [0, 0.05) is 36.9 Å². The maximum atomic E-state index is 9.22. The highest BCUT2D eigenvalue weighted by atomic mass is 32.2. The zero-order valence-corrected chi connectivity index (χ0v) is 12.5. The molecule has 3 nitrogen and oxygen atoms in total. The van der Waals surface area contributed by atoms with Crippen molar-refractivity contribution in [2.45, 2.75) is 18.0 Å². The fourth-order valence-corrected chi connectivity index (χ4v) is 2.50. The van der Waals surface area contributed by atoms with Crippen molar-refractivity contribution in [3.8, 4) is 0 Å². The summed E-state index contributed by atoms with van der Waals surface area (Å²) in [6.07, 6.45) is 5.69. The van der Waals surface area contributed by atoms with E-state index in [9.17, 15) is 5.11 Å². The Hall–Kier alpha value is -1.36. The Balaban J connectivity index is 2.00. The van der Waals surface area contributed by atoms with E-state index in [4.69, 9.17) is 0 Å². The number of hydrogen-bond acceptors (Lipinski definition) is 4. The summed E-state index contributed by atoms with van der Waals surface area (Å²) in [6.45, 7) is 2.52. The van der Waals surface area contributed by atoms with Crippen molar-refractivity contribution in [3.63, 3.8) is 0 Å². The van der Waals surface area contributed by atoms with Crippen LogP contribution in [0.15, 0.2) is 53.7 Å². The van der Waals surface area contributed by atoms with Crippen LogP contribution in [0.2, 0.25) is 0 Å². The second kappa shape index (κ2) is 8.04. The number of benzene rings is 1. The predicted molar refractivity (Wildman–Crippen MR) is 83.7 cm³/mol. The summed E-state index contributed by atoms with van der Waals surface area (Å²) in [4.78, 5) is 7.55. The van der Waals surface area contributed by atoms with Gasteiger partial charge in [-0.05, 0) is 41.6 Å². The summed E-state index contributed by atoms with van der Waals surface area (Å²) < 4.78 is 0. The van der Waals surface area contributed by atoms with Gasteiger partial charge in [-0.25, -0.2) is 0 Å². The van der Waals surface area contributed by atoms with Gasteiger partial charge in [0.25, 0.3) is 0 Å². The van der Waals surface area contributed by atoms with Crippen LogP contribution in [0.25, 0.3) is 0 Å². The highest BCUT2D eigenvalue weighted by Crippen LogP contribution is 2.16. The minimum atomic E-state index is 0.175. The molecule has 1 N–H and O–H groups in total. The van der Waals surface area contributed by atoms with Crippen LogP contribution in [-0.4, -0.2) is 34.4 Å². The molecule has 0 saturated heterocycles. The molecule has 1 heterocycles. The molecule has 106 valence electrons. The summed E-state index contributed by atoms with van der Waals surface area (Å²) in [5.41, 5.74) is 2.49. The van der Waals surface area contributed by atoms with Crippen LogP contribution in [0.5, 0.6) is 0 Å². The van der Waals surface area contributed by atoms with E-state index in [1.807, 2.05) is 12.1 Å². The number of thioether (sulfide) groups is 1. The third-order valence-electron chi connectivity index (χ3n) is 3.14.